The van der Waals surface area contributed by atoms with Crippen LogP contribution in [-0.2, 0) is 22.0 Å². The number of sulfone groups is 1. The van der Waals surface area contributed by atoms with E-state index in [1.807, 2.05) is 4.90 Å². The summed E-state index contributed by atoms with van der Waals surface area (Å²) in [7, 11) is -3.10. The van der Waals surface area contributed by atoms with E-state index in [1.165, 1.54) is 0 Å². The second kappa shape index (κ2) is 5.13. The minimum absolute atomic E-state index is 0.0188. The van der Waals surface area contributed by atoms with Crippen LogP contribution in [0.5, 0.6) is 0 Å². The quantitative estimate of drug-likeness (QED) is 0.803. The van der Waals surface area contributed by atoms with Gasteiger partial charge in [0.25, 0.3) is 0 Å². The SMILES string of the molecule is O=S1(=O)CCc2nc(Cl)nc(N3CCCC3CO)c2C1. The highest BCUT2D eigenvalue weighted by Gasteiger charge is 2.32. The molecule has 0 aromatic carbocycles. The summed E-state index contributed by atoms with van der Waals surface area (Å²) in [5, 5.41) is 9.58. The van der Waals surface area contributed by atoms with E-state index in [0.717, 1.165) is 25.1 Å². The van der Waals surface area contributed by atoms with Crippen molar-refractivity contribution in [3.63, 3.8) is 0 Å². The Kier molecular flexibility index (Phi) is 3.60. The van der Waals surface area contributed by atoms with E-state index in [0.29, 0.717) is 17.8 Å². The van der Waals surface area contributed by atoms with Gasteiger partial charge >= 0.3 is 0 Å². The van der Waals surface area contributed by atoms with Crippen molar-refractivity contribution < 1.29 is 13.5 Å². The Morgan fingerprint density at radius 1 is 1.40 bits per heavy atom. The number of fused-ring (bicyclic) bond motifs is 1. The van der Waals surface area contributed by atoms with Gasteiger partial charge < -0.3 is 10.0 Å². The number of hydrogen-bond donors (Lipinski definition) is 1. The minimum atomic E-state index is -3.10. The fourth-order valence-corrected chi connectivity index (χ4v) is 4.49. The molecular weight excluding hydrogens is 302 g/mol. The highest BCUT2D eigenvalue weighted by atomic mass is 35.5. The zero-order valence-corrected chi connectivity index (χ0v) is 12.5. The van der Waals surface area contributed by atoms with E-state index >= 15 is 0 Å². The van der Waals surface area contributed by atoms with E-state index in [-0.39, 0.29) is 29.4 Å². The van der Waals surface area contributed by atoms with Gasteiger partial charge in [0, 0.05) is 18.5 Å². The summed E-state index contributed by atoms with van der Waals surface area (Å²) in [5.41, 5.74) is 1.37. The average molecular weight is 318 g/mol. The van der Waals surface area contributed by atoms with Crippen molar-refractivity contribution in [3.05, 3.63) is 16.5 Å². The molecule has 0 radical (unpaired) electrons. The third-order valence-corrected chi connectivity index (χ3v) is 5.64. The molecule has 2 aliphatic rings. The van der Waals surface area contributed by atoms with Crippen molar-refractivity contribution >= 4 is 27.3 Å². The van der Waals surface area contributed by atoms with Gasteiger partial charge in [0.15, 0.2) is 9.84 Å². The smallest absolute Gasteiger partial charge is 0.224 e. The lowest BCUT2D eigenvalue weighted by Gasteiger charge is -2.28. The Hall–Kier alpha value is -0.920. The molecule has 0 bridgehead atoms. The molecule has 6 nitrogen and oxygen atoms in total. The number of aryl methyl sites for hydroxylation is 1. The van der Waals surface area contributed by atoms with Crippen molar-refractivity contribution in [1.29, 1.82) is 0 Å². The van der Waals surface area contributed by atoms with Gasteiger partial charge in [-0.05, 0) is 24.4 Å². The van der Waals surface area contributed by atoms with Gasteiger partial charge in [-0.2, -0.15) is 0 Å². The predicted molar refractivity (Wildman–Crippen MR) is 75.7 cm³/mol. The summed E-state index contributed by atoms with van der Waals surface area (Å²) >= 11 is 5.96. The van der Waals surface area contributed by atoms with Crippen LogP contribution in [0.1, 0.15) is 24.1 Å². The Morgan fingerprint density at radius 2 is 2.20 bits per heavy atom. The topological polar surface area (TPSA) is 83.4 Å². The fraction of sp³-hybridized carbons (Fsp3) is 0.667. The van der Waals surface area contributed by atoms with Crippen LogP contribution < -0.4 is 4.90 Å². The van der Waals surface area contributed by atoms with E-state index < -0.39 is 9.84 Å². The van der Waals surface area contributed by atoms with E-state index in [2.05, 4.69) is 9.97 Å². The van der Waals surface area contributed by atoms with Crippen LogP contribution in [0.25, 0.3) is 0 Å². The third kappa shape index (κ3) is 2.49. The summed E-state index contributed by atoms with van der Waals surface area (Å²) in [6.07, 6.45) is 2.21. The van der Waals surface area contributed by atoms with E-state index in [9.17, 15) is 13.5 Å². The van der Waals surface area contributed by atoms with Crippen LogP contribution in [-0.4, -0.2) is 48.4 Å². The van der Waals surface area contributed by atoms with Gasteiger partial charge in [-0.3, -0.25) is 0 Å². The van der Waals surface area contributed by atoms with Gasteiger partial charge in [0.2, 0.25) is 5.28 Å². The zero-order chi connectivity index (χ0) is 14.3. The average Bonchev–Trinajstić information content (AvgIpc) is 2.86. The molecule has 1 N–H and O–H groups in total. The van der Waals surface area contributed by atoms with Crippen LogP contribution in [0.4, 0.5) is 5.82 Å². The standard InChI is InChI=1S/C12H16ClN3O3S/c13-12-14-10-3-5-20(18,19)7-9(10)11(15-12)16-4-1-2-8(16)6-17/h8,17H,1-7H2. The number of hydrogen-bond acceptors (Lipinski definition) is 6. The highest BCUT2D eigenvalue weighted by Crippen LogP contribution is 2.33. The Labute approximate surface area is 122 Å². The molecule has 2 aliphatic heterocycles. The van der Waals surface area contributed by atoms with Gasteiger partial charge in [0.05, 0.1) is 29.8 Å². The van der Waals surface area contributed by atoms with Gasteiger partial charge in [-0.25, -0.2) is 18.4 Å². The summed E-state index contributed by atoms with van der Waals surface area (Å²) in [6, 6.07) is -0.0188. The van der Waals surface area contributed by atoms with E-state index in [1.54, 1.807) is 0 Å². The zero-order valence-electron chi connectivity index (χ0n) is 10.9. The van der Waals surface area contributed by atoms with E-state index in [4.69, 9.17) is 11.6 Å². The van der Waals surface area contributed by atoms with Crippen LogP contribution >= 0.6 is 11.6 Å². The number of aliphatic hydroxyl groups excluding tert-OH is 1. The van der Waals surface area contributed by atoms with Gasteiger partial charge in [0.1, 0.15) is 5.82 Å². The number of aliphatic hydroxyl groups is 1. The first-order chi connectivity index (χ1) is 9.50. The Morgan fingerprint density at radius 3 is 2.95 bits per heavy atom. The molecule has 3 rings (SSSR count). The first kappa shape index (κ1) is 14.0. The minimum Gasteiger partial charge on any atom is -0.394 e. The molecule has 1 saturated heterocycles. The number of aromatic nitrogens is 2. The first-order valence-electron chi connectivity index (χ1n) is 6.63. The maximum atomic E-state index is 11.9. The fourth-order valence-electron chi connectivity index (χ4n) is 2.93. The molecule has 0 aliphatic carbocycles. The van der Waals surface area contributed by atoms with Crippen LogP contribution in [0.2, 0.25) is 5.28 Å². The summed E-state index contributed by atoms with van der Waals surface area (Å²) in [5.74, 6) is 0.652. The molecule has 8 heteroatoms. The first-order valence-corrected chi connectivity index (χ1v) is 8.83. The Bertz CT molecular complexity index is 635. The number of nitrogens with zero attached hydrogens (tertiary/aromatic N) is 3. The third-order valence-electron chi connectivity index (χ3n) is 3.92. The molecule has 1 aromatic rings. The van der Waals surface area contributed by atoms with Crippen LogP contribution in [0.15, 0.2) is 0 Å². The molecule has 1 atom stereocenters. The number of anilines is 1. The summed E-state index contributed by atoms with van der Waals surface area (Å²) in [4.78, 5) is 10.4. The molecule has 0 amide bonds. The monoisotopic (exact) mass is 317 g/mol. The molecule has 3 heterocycles. The van der Waals surface area contributed by atoms with Crippen molar-refractivity contribution in [2.75, 3.05) is 23.8 Å². The molecule has 1 unspecified atom stereocenters. The normalized spacial score (nSPS) is 24.7. The summed E-state index contributed by atoms with van der Waals surface area (Å²) < 4.78 is 23.7. The van der Waals surface area contributed by atoms with Crippen molar-refractivity contribution in [3.8, 4) is 0 Å². The molecule has 0 saturated carbocycles. The highest BCUT2D eigenvalue weighted by molar-refractivity contribution is 7.90. The maximum absolute atomic E-state index is 11.9. The molecule has 20 heavy (non-hydrogen) atoms. The number of rotatable bonds is 2. The molecule has 1 aromatic heterocycles. The van der Waals surface area contributed by atoms with Crippen molar-refractivity contribution in [2.24, 2.45) is 0 Å². The van der Waals surface area contributed by atoms with Gasteiger partial charge in [-0.1, -0.05) is 0 Å². The molecule has 1 fully saturated rings. The largest absolute Gasteiger partial charge is 0.394 e. The lowest BCUT2D eigenvalue weighted by Crippen LogP contribution is -2.35. The maximum Gasteiger partial charge on any atom is 0.224 e. The Balaban J connectivity index is 2.09. The number of halogens is 1. The predicted octanol–water partition coefficient (Wildman–Crippen LogP) is 0.562. The van der Waals surface area contributed by atoms with Crippen molar-refractivity contribution in [2.45, 2.75) is 31.1 Å². The van der Waals surface area contributed by atoms with Gasteiger partial charge in [-0.15, -0.1) is 0 Å². The second-order valence-electron chi connectivity index (χ2n) is 5.26. The van der Waals surface area contributed by atoms with Crippen molar-refractivity contribution in [1.82, 2.24) is 9.97 Å². The lowest BCUT2D eigenvalue weighted by atomic mass is 10.1. The summed E-state index contributed by atoms with van der Waals surface area (Å²) in [6.45, 7) is 0.786. The van der Waals surface area contributed by atoms with Crippen LogP contribution in [0.3, 0.4) is 0 Å². The molecule has 110 valence electrons. The lowest BCUT2D eigenvalue weighted by molar-refractivity contribution is 0.266. The second-order valence-corrected chi connectivity index (χ2v) is 7.78. The molecular formula is C12H16ClN3O3S. The van der Waals surface area contributed by atoms with Crippen LogP contribution in [0, 0.1) is 0 Å². The molecule has 0 spiro atoms.